The predicted octanol–water partition coefficient (Wildman–Crippen LogP) is 2.99. The van der Waals surface area contributed by atoms with Gasteiger partial charge in [0.2, 0.25) is 11.8 Å². The van der Waals surface area contributed by atoms with Crippen LogP contribution in [0.3, 0.4) is 0 Å². The number of hydrogen-bond donors (Lipinski definition) is 1. The summed E-state index contributed by atoms with van der Waals surface area (Å²) in [7, 11) is 1.62. The van der Waals surface area contributed by atoms with E-state index in [-0.39, 0.29) is 23.7 Å². The largest absolute Gasteiger partial charge is 0.497 e. The van der Waals surface area contributed by atoms with Crippen LogP contribution >= 0.6 is 0 Å². The van der Waals surface area contributed by atoms with E-state index in [2.05, 4.69) is 10.2 Å². The summed E-state index contributed by atoms with van der Waals surface area (Å²) >= 11 is 0. The molecular formula is C22H33N3O3. The van der Waals surface area contributed by atoms with E-state index >= 15 is 0 Å². The fraction of sp³-hybridized carbons (Fsp3) is 0.636. The fourth-order valence-electron chi connectivity index (χ4n) is 4.29. The summed E-state index contributed by atoms with van der Waals surface area (Å²) in [5.41, 5.74) is 0.786. The summed E-state index contributed by atoms with van der Waals surface area (Å²) in [6.07, 6.45) is 3.86. The molecule has 6 nitrogen and oxygen atoms in total. The van der Waals surface area contributed by atoms with Crippen LogP contribution in [0.15, 0.2) is 24.3 Å². The molecule has 0 bridgehead atoms. The standard InChI is InChI=1S/C22H33N3O3/c1-16(2)22(27)25-13-9-19(10-14-25)24-11-7-17(8-12-24)21(26)23-18-5-4-6-20(15-18)28-3/h4-6,15-17,19H,7-14H2,1-3H3,(H,23,26). The van der Waals surface area contributed by atoms with Gasteiger partial charge in [-0.05, 0) is 50.9 Å². The van der Waals surface area contributed by atoms with Crippen molar-refractivity contribution >= 4 is 17.5 Å². The molecule has 1 N–H and O–H groups in total. The van der Waals surface area contributed by atoms with Crippen LogP contribution < -0.4 is 10.1 Å². The van der Waals surface area contributed by atoms with Gasteiger partial charge in [-0.25, -0.2) is 0 Å². The number of piperidine rings is 2. The average Bonchev–Trinajstić information content (AvgIpc) is 2.73. The van der Waals surface area contributed by atoms with Gasteiger partial charge in [0.15, 0.2) is 0 Å². The Kier molecular flexibility index (Phi) is 6.94. The van der Waals surface area contributed by atoms with E-state index in [4.69, 9.17) is 4.74 Å². The Bertz CT molecular complexity index is 675. The second-order valence-electron chi connectivity index (χ2n) is 8.24. The lowest BCUT2D eigenvalue weighted by Gasteiger charge is -2.41. The molecule has 0 unspecified atom stereocenters. The first-order chi connectivity index (χ1) is 13.5. The lowest BCUT2D eigenvalue weighted by atomic mass is 9.92. The van der Waals surface area contributed by atoms with Gasteiger partial charge in [0.25, 0.3) is 0 Å². The van der Waals surface area contributed by atoms with Crippen LogP contribution in [0.25, 0.3) is 0 Å². The van der Waals surface area contributed by atoms with E-state index in [1.807, 2.05) is 43.0 Å². The van der Waals surface area contributed by atoms with Crippen molar-refractivity contribution in [1.29, 1.82) is 0 Å². The second kappa shape index (κ2) is 9.41. The van der Waals surface area contributed by atoms with E-state index in [9.17, 15) is 9.59 Å². The molecule has 6 heteroatoms. The van der Waals surface area contributed by atoms with Gasteiger partial charge in [-0.2, -0.15) is 0 Å². The molecule has 2 aliphatic heterocycles. The van der Waals surface area contributed by atoms with Crippen molar-refractivity contribution in [3.05, 3.63) is 24.3 Å². The van der Waals surface area contributed by atoms with Gasteiger partial charge >= 0.3 is 0 Å². The summed E-state index contributed by atoms with van der Waals surface area (Å²) in [4.78, 5) is 29.3. The Morgan fingerprint density at radius 2 is 1.75 bits per heavy atom. The van der Waals surface area contributed by atoms with E-state index in [0.717, 1.165) is 63.3 Å². The molecule has 28 heavy (non-hydrogen) atoms. The number of carbonyl (C=O) groups is 2. The maximum atomic E-state index is 12.6. The van der Waals surface area contributed by atoms with Crippen molar-refractivity contribution in [2.45, 2.75) is 45.6 Å². The molecule has 0 atom stereocenters. The number of nitrogens with one attached hydrogen (secondary N) is 1. The highest BCUT2D eigenvalue weighted by molar-refractivity contribution is 5.92. The van der Waals surface area contributed by atoms with Gasteiger partial charge in [0.1, 0.15) is 5.75 Å². The summed E-state index contributed by atoms with van der Waals surface area (Å²) in [5, 5.41) is 3.03. The predicted molar refractivity (Wildman–Crippen MR) is 110 cm³/mol. The van der Waals surface area contributed by atoms with Gasteiger partial charge in [-0.1, -0.05) is 19.9 Å². The van der Waals surface area contributed by atoms with E-state index in [1.165, 1.54) is 0 Å². The van der Waals surface area contributed by atoms with Gasteiger partial charge in [-0.3, -0.25) is 9.59 Å². The number of rotatable bonds is 5. The molecule has 1 aromatic rings. The Balaban J connectivity index is 1.44. The summed E-state index contributed by atoms with van der Waals surface area (Å²) in [6, 6.07) is 8.03. The summed E-state index contributed by atoms with van der Waals surface area (Å²) < 4.78 is 5.22. The minimum absolute atomic E-state index is 0.0602. The van der Waals surface area contributed by atoms with Gasteiger partial charge in [0, 0.05) is 42.7 Å². The normalized spacial score (nSPS) is 19.6. The van der Waals surface area contributed by atoms with Crippen molar-refractivity contribution in [3.63, 3.8) is 0 Å². The van der Waals surface area contributed by atoms with Crippen LogP contribution in [0, 0.1) is 11.8 Å². The number of amides is 2. The van der Waals surface area contributed by atoms with Crippen LogP contribution in [0.2, 0.25) is 0 Å². The first kappa shape index (κ1) is 20.6. The van der Waals surface area contributed by atoms with Crippen LogP contribution in [-0.2, 0) is 9.59 Å². The quantitative estimate of drug-likeness (QED) is 0.844. The number of carbonyl (C=O) groups excluding carboxylic acids is 2. The van der Waals surface area contributed by atoms with Crippen molar-refractivity contribution in [3.8, 4) is 5.75 Å². The number of anilines is 1. The topological polar surface area (TPSA) is 61.9 Å². The highest BCUT2D eigenvalue weighted by Crippen LogP contribution is 2.26. The summed E-state index contributed by atoms with van der Waals surface area (Å²) in [6.45, 7) is 7.57. The minimum Gasteiger partial charge on any atom is -0.497 e. The monoisotopic (exact) mass is 387 g/mol. The number of likely N-dealkylation sites (tertiary alicyclic amines) is 2. The molecular weight excluding hydrogens is 354 g/mol. The van der Waals surface area contributed by atoms with Crippen LogP contribution in [0.4, 0.5) is 5.69 Å². The maximum Gasteiger partial charge on any atom is 0.227 e. The SMILES string of the molecule is COc1cccc(NC(=O)C2CCN(C3CCN(C(=O)C(C)C)CC3)CC2)c1. The molecule has 2 fully saturated rings. The smallest absolute Gasteiger partial charge is 0.227 e. The Hall–Kier alpha value is -2.08. The molecule has 1 aromatic carbocycles. The number of hydrogen-bond acceptors (Lipinski definition) is 4. The van der Waals surface area contributed by atoms with Crippen molar-refractivity contribution in [1.82, 2.24) is 9.80 Å². The Labute approximate surface area is 168 Å². The second-order valence-corrected chi connectivity index (χ2v) is 8.24. The van der Waals surface area contributed by atoms with E-state index in [0.29, 0.717) is 6.04 Å². The summed E-state index contributed by atoms with van der Waals surface area (Å²) in [5.74, 6) is 1.26. The highest BCUT2D eigenvalue weighted by atomic mass is 16.5. The Morgan fingerprint density at radius 1 is 1.07 bits per heavy atom. The van der Waals surface area contributed by atoms with Crippen molar-refractivity contribution in [2.24, 2.45) is 11.8 Å². The van der Waals surface area contributed by atoms with Crippen LogP contribution in [0.1, 0.15) is 39.5 Å². The molecule has 0 radical (unpaired) electrons. The van der Waals surface area contributed by atoms with Gasteiger partial charge in [0.05, 0.1) is 7.11 Å². The molecule has 3 rings (SSSR count). The third-order valence-corrected chi connectivity index (χ3v) is 6.02. The zero-order valence-corrected chi connectivity index (χ0v) is 17.3. The number of nitrogens with zero attached hydrogens (tertiary/aromatic N) is 2. The zero-order valence-electron chi connectivity index (χ0n) is 17.3. The Morgan fingerprint density at radius 3 is 2.36 bits per heavy atom. The molecule has 0 aromatic heterocycles. The molecule has 2 heterocycles. The molecule has 2 amide bonds. The fourth-order valence-corrected chi connectivity index (χ4v) is 4.29. The van der Waals surface area contributed by atoms with Crippen LogP contribution in [0.5, 0.6) is 5.75 Å². The number of ether oxygens (including phenoxy) is 1. The molecule has 0 spiro atoms. The zero-order chi connectivity index (χ0) is 20.1. The first-order valence-electron chi connectivity index (χ1n) is 10.5. The lowest BCUT2D eigenvalue weighted by molar-refractivity contribution is -0.136. The van der Waals surface area contributed by atoms with Gasteiger partial charge in [-0.15, -0.1) is 0 Å². The maximum absolute atomic E-state index is 12.6. The lowest BCUT2D eigenvalue weighted by Crippen LogP contribution is -2.50. The van der Waals surface area contributed by atoms with E-state index < -0.39 is 0 Å². The number of methoxy groups -OCH3 is 1. The van der Waals surface area contributed by atoms with E-state index in [1.54, 1.807) is 7.11 Å². The van der Waals surface area contributed by atoms with Crippen LogP contribution in [-0.4, -0.2) is 60.9 Å². The molecule has 2 aliphatic rings. The molecule has 2 saturated heterocycles. The average molecular weight is 388 g/mol. The van der Waals surface area contributed by atoms with Crippen molar-refractivity contribution < 1.29 is 14.3 Å². The highest BCUT2D eigenvalue weighted by Gasteiger charge is 2.32. The number of benzene rings is 1. The molecule has 0 aliphatic carbocycles. The first-order valence-corrected chi connectivity index (χ1v) is 10.5. The third kappa shape index (κ3) is 5.04. The molecule has 0 saturated carbocycles. The minimum atomic E-state index is 0.0602. The molecule has 154 valence electrons. The third-order valence-electron chi connectivity index (χ3n) is 6.02. The van der Waals surface area contributed by atoms with Gasteiger partial charge < -0.3 is 19.9 Å². The van der Waals surface area contributed by atoms with Crippen molar-refractivity contribution in [2.75, 3.05) is 38.6 Å².